The van der Waals surface area contributed by atoms with E-state index in [-0.39, 0.29) is 11.9 Å². The molecular formula is C23H25N3O5. The molecule has 0 saturated carbocycles. The van der Waals surface area contributed by atoms with Gasteiger partial charge in [-0.15, -0.1) is 0 Å². The van der Waals surface area contributed by atoms with Crippen LogP contribution in [0.5, 0.6) is 17.2 Å². The van der Waals surface area contributed by atoms with Crippen molar-refractivity contribution in [3.8, 4) is 17.2 Å². The zero-order chi connectivity index (χ0) is 22.0. The summed E-state index contributed by atoms with van der Waals surface area (Å²) in [6, 6.07) is 12.3. The summed E-state index contributed by atoms with van der Waals surface area (Å²) < 4.78 is 15.9. The molecule has 0 radical (unpaired) electrons. The third-order valence-electron chi connectivity index (χ3n) is 5.59. The molecule has 31 heavy (non-hydrogen) atoms. The van der Waals surface area contributed by atoms with Crippen LogP contribution in [0.15, 0.2) is 53.7 Å². The summed E-state index contributed by atoms with van der Waals surface area (Å²) in [4.78, 5) is 27.3. The Labute approximate surface area is 180 Å². The van der Waals surface area contributed by atoms with Crippen LogP contribution in [0.1, 0.15) is 17.2 Å². The molecule has 2 aromatic carbocycles. The first-order valence-corrected chi connectivity index (χ1v) is 9.98. The number of rotatable bonds is 7. The zero-order valence-corrected chi connectivity index (χ0v) is 17.7. The van der Waals surface area contributed by atoms with Gasteiger partial charge in [0.15, 0.2) is 11.5 Å². The molecule has 0 aliphatic carbocycles. The molecule has 2 aliphatic heterocycles. The Morgan fingerprint density at radius 2 is 1.71 bits per heavy atom. The van der Waals surface area contributed by atoms with Gasteiger partial charge in [0, 0.05) is 6.54 Å². The summed E-state index contributed by atoms with van der Waals surface area (Å²) in [5.41, 5.74) is 3.06. The summed E-state index contributed by atoms with van der Waals surface area (Å²) >= 11 is 0. The highest BCUT2D eigenvalue weighted by molar-refractivity contribution is 6.01. The van der Waals surface area contributed by atoms with E-state index in [2.05, 4.69) is 10.6 Å². The SMILES string of the molecule is COc1ccc(CCN2CC3=C(C2=O)C(c2ccc(OC)c(OC)c2)NC(=O)N3)cc1. The minimum absolute atomic E-state index is 0.0872. The number of amides is 3. The number of urea groups is 1. The van der Waals surface area contributed by atoms with Crippen LogP contribution in [0.4, 0.5) is 4.79 Å². The van der Waals surface area contributed by atoms with Gasteiger partial charge in [-0.3, -0.25) is 4.79 Å². The lowest BCUT2D eigenvalue weighted by Gasteiger charge is -2.26. The van der Waals surface area contributed by atoms with Crippen molar-refractivity contribution in [2.75, 3.05) is 34.4 Å². The molecule has 2 heterocycles. The van der Waals surface area contributed by atoms with Crippen LogP contribution in [-0.4, -0.2) is 51.3 Å². The Bertz CT molecular complexity index is 1030. The molecule has 162 valence electrons. The van der Waals surface area contributed by atoms with Crippen LogP contribution in [0, 0.1) is 0 Å². The Morgan fingerprint density at radius 1 is 0.968 bits per heavy atom. The number of nitrogens with zero attached hydrogens (tertiary/aromatic N) is 1. The molecule has 4 rings (SSSR count). The van der Waals surface area contributed by atoms with Gasteiger partial charge >= 0.3 is 6.03 Å². The average molecular weight is 423 g/mol. The van der Waals surface area contributed by atoms with Crippen molar-refractivity contribution in [1.82, 2.24) is 15.5 Å². The Morgan fingerprint density at radius 3 is 2.39 bits per heavy atom. The Hall–Kier alpha value is -3.68. The van der Waals surface area contributed by atoms with E-state index >= 15 is 0 Å². The summed E-state index contributed by atoms with van der Waals surface area (Å²) in [6.45, 7) is 0.925. The highest BCUT2D eigenvalue weighted by Gasteiger charge is 2.40. The fraction of sp³-hybridized carbons (Fsp3) is 0.304. The topological polar surface area (TPSA) is 89.1 Å². The number of ether oxygens (including phenoxy) is 3. The number of methoxy groups -OCH3 is 3. The van der Waals surface area contributed by atoms with Crippen LogP contribution >= 0.6 is 0 Å². The van der Waals surface area contributed by atoms with Gasteiger partial charge in [0.1, 0.15) is 5.75 Å². The zero-order valence-electron chi connectivity index (χ0n) is 17.7. The maximum absolute atomic E-state index is 13.2. The lowest BCUT2D eigenvalue weighted by molar-refractivity contribution is -0.125. The molecule has 0 bridgehead atoms. The van der Waals surface area contributed by atoms with Gasteiger partial charge in [0.25, 0.3) is 5.91 Å². The molecular weight excluding hydrogens is 398 g/mol. The van der Waals surface area contributed by atoms with E-state index in [0.29, 0.717) is 42.3 Å². The minimum Gasteiger partial charge on any atom is -0.497 e. The van der Waals surface area contributed by atoms with Crippen molar-refractivity contribution in [2.24, 2.45) is 0 Å². The maximum atomic E-state index is 13.2. The Kier molecular flexibility index (Phi) is 5.70. The van der Waals surface area contributed by atoms with Crippen molar-refractivity contribution in [3.05, 3.63) is 64.9 Å². The van der Waals surface area contributed by atoms with Gasteiger partial charge in [0.2, 0.25) is 0 Å². The highest BCUT2D eigenvalue weighted by atomic mass is 16.5. The van der Waals surface area contributed by atoms with Crippen molar-refractivity contribution in [1.29, 1.82) is 0 Å². The molecule has 8 nitrogen and oxygen atoms in total. The van der Waals surface area contributed by atoms with E-state index in [9.17, 15) is 9.59 Å². The van der Waals surface area contributed by atoms with Gasteiger partial charge in [-0.05, 0) is 41.8 Å². The monoisotopic (exact) mass is 423 g/mol. The quantitative estimate of drug-likeness (QED) is 0.714. The first kappa shape index (κ1) is 20.6. The average Bonchev–Trinajstić information content (AvgIpc) is 3.11. The normalized spacial score (nSPS) is 17.8. The van der Waals surface area contributed by atoms with E-state index in [1.807, 2.05) is 30.3 Å². The van der Waals surface area contributed by atoms with Gasteiger partial charge in [-0.25, -0.2) is 4.79 Å². The number of hydrogen-bond donors (Lipinski definition) is 2. The third kappa shape index (κ3) is 4.01. The number of carbonyl (C=O) groups is 2. The molecule has 0 spiro atoms. The van der Waals surface area contributed by atoms with Crippen LogP contribution in [0.2, 0.25) is 0 Å². The van der Waals surface area contributed by atoms with Gasteiger partial charge in [0.05, 0.1) is 45.2 Å². The van der Waals surface area contributed by atoms with Crippen LogP contribution in [0.25, 0.3) is 0 Å². The highest BCUT2D eigenvalue weighted by Crippen LogP contribution is 2.36. The van der Waals surface area contributed by atoms with Crippen molar-refractivity contribution in [3.63, 3.8) is 0 Å². The number of hydrogen-bond acceptors (Lipinski definition) is 5. The van der Waals surface area contributed by atoms with E-state index in [1.54, 1.807) is 38.4 Å². The van der Waals surface area contributed by atoms with E-state index in [0.717, 1.165) is 16.9 Å². The molecule has 2 aromatic rings. The fourth-order valence-corrected chi connectivity index (χ4v) is 3.95. The molecule has 0 aromatic heterocycles. The summed E-state index contributed by atoms with van der Waals surface area (Å²) in [6.07, 6.45) is 0.707. The van der Waals surface area contributed by atoms with Crippen LogP contribution in [-0.2, 0) is 11.2 Å². The van der Waals surface area contributed by atoms with Crippen molar-refractivity contribution >= 4 is 11.9 Å². The van der Waals surface area contributed by atoms with E-state index < -0.39 is 6.04 Å². The number of carbonyl (C=O) groups excluding carboxylic acids is 2. The predicted molar refractivity (Wildman–Crippen MR) is 114 cm³/mol. The summed E-state index contributed by atoms with van der Waals surface area (Å²) in [5, 5.41) is 5.66. The van der Waals surface area contributed by atoms with Gasteiger partial charge in [-0.1, -0.05) is 18.2 Å². The first-order chi connectivity index (χ1) is 15.0. The predicted octanol–water partition coefficient (Wildman–Crippen LogP) is 2.41. The lowest BCUT2D eigenvalue weighted by atomic mass is 9.96. The summed E-state index contributed by atoms with van der Waals surface area (Å²) in [5.74, 6) is 1.83. The molecule has 1 atom stereocenters. The summed E-state index contributed by atoms with van der Waals surface area (Å²) in [7, 11) is 4.74. The molecule has 3 amide bonds. The Balaban J connectivity index is 1.53. The van der Waals surface area contributed by atoms with Crippen molar-refractivity contribution in [2.45, 2.75) is 12.5 Å². The van der Waals surface area contributed by atoms with Crippen LogP contribution < -0.4 is 24.8 Å². The number of nitrogens with one attached hydrogen (secondary N) is 2. The second-order valence-corrected chi connectivity index (χ2v) is 7.36. The maximum Gasteiger partial charge on any atom is 0.319 e. The van der Waals surface area contributed by atoms with E-state index in [4.69, 9.17) is 14.2 Å². The minimum atomic E-state index is -0.554. The van der Waals surface area contributed by atoms with Gasteiger partial charge < -0.3 is 29.7 Å². The number of benzene rings is 2. The standard InChI is InChI=1S/C23H25N3O5/c1-29-16-7-4-14(5-8-16)10-11-26-13-17-20(22(26)27)21(25-23(28)24-17)15-6-9-18(30-2)19(12-15)31-3/h4-9,12,21H,10-11,13H2,1-3H3,(H2,24,25,28). The molecule has 8 heteroatoms. The molecule has 0 fully saturated rings. The van der Waals surface area contributed by atoms with E-state index in [1.165, 1.54) is 0 Å². The van der Waals surface area contributed by atoms with Crippen molar-refractivity contribution < 1.29 is 23.8 Å². The third-order valence-corrected chi connectivity index (χ3v) is 5.59. The molecule has 1 unspecified atom stereocenters. The van der Waals surface area contributed by atoms with Crippen LogP contribution in [0.3, 0.4) is 0 Å². The largest absolute Gasteiger partial charge is 0.497 e. The first-order valence-electron chi connectivity index (χ1n) is 9.98. The smallest absolute Gasteiger partial charge is 0.319 e. The molecule has 0 saturated heterocycles. The van der Waals surface area contributed by atoms with Gasteiger partial charge in [-0.2, -0.15) is 0 Å². The fourth-order valence-electron chi connectivity index (χ4n) is 3.95. The second-order valence-electron chi connectivity index (χ2n) is 7.36. The lowest BCUT2D eigenvalue weighted by Crippen LogP contribution is -2.44. The molecule has 2 aliphatic rings. The second kappa shape index (κ2) is 8.59. The molecule has 2 N–H and O–H groups in total.